The Morgan fingerprint density at radius 3 is 2.59 bits per heavy atom. The Morgan fingerprint density at radius 1 is 1.15 bits per heavy atom. The van der Waals surface area contributed by atoms with E-state index in [1.165, 1.54) is 0 Å². The SMILES string of the molecule is CCCOc1ccc(C(C)NC(=O)C(C)Oc2cccc(Cl)c2)cc1OC. The molecule has 0 spiro atoms. The predicted octanol–water partition coefficient (Wildman–Crippen LogP) is 4.78. The van der Waals surface area contributed by atoms with Crippen molar-refractivity contribution in [2.75, 3.05) is 13.7 Å². The van der Waals surface area contributed by atoms with Crippen LogP contribution in [-0.4, -0.2) is 25.7 Å². The van der Waals surface area contributed by atoms with Crippen LogP contribution in [0, 0.1) is 0 Å². The fourth-order valence-corrected chi connectivity index (χ4v) is 2.68. The minimum Gasteiger partial charge on any atom is -0.493 e. The van der Waals surface area contributed by atoms with E-state index in [-0.39, 0.29) is 11.9 Å². The summed E-state index contributed by atoms with van der Waals surface area (Å²) in [6.45, 7) is 6.28. The maximum absolute atomic E-state index is 12.5. The van der Waals surface area contributed by atoms with E-state index in [9.17, 15) is 4.79 Å². The summed E-state index contributed by atoms with van der Waals surface area (Å²) >= 11 is 5.94. The highest BCUT2D eigenvalue weighted by Crippen LogP contribution is 2.30. The maximum atomic E-state index is 12.5. The second kappa shape index (κ2) is 10.1. The van der Waals surface area contributed by atoms with Gasteiger partial charge in [0.15, 0.2) is 17.6 Å². The number of hydrogen-bond donors (Lipinski definition) is 1. The molecule has 1 amide bonds. The van der Waals surface area contributed by atoms with Crippen LogP contribution < -0.4 is 19.5 Å². The van der Waals surface area contributed by atoms with Crippen LogP contribution in [0.5, 0.6) is 17.2 Å². The number of methoxy groups -OCH3 is 1. The molecular weight excluding hydrogens is 366 g/mol. The Bertz CT molecular complexity index is 766. The Balaban J connectivity index is 2.00. The molecule has 0 saturated carbocycles. The summed E-state index contributed by atoms with van der Waals surface area (Å²) in [5, 5.41) is 3.51. The lowest BCUT2D eigenvalue weighted by Crippen LogP contribution is -2.37. The van der Waals surface area contributed by atoms with Crippen LogP contribution in [0.25, 0.3) is 0 Å². The van der Waals surface area contributed by atoms with Crippen molar-refractivity contribution in [3.63, 3.8) is 0 Å². The van der Waals surface area contributed by atoms with Gasteiger partial charge < -0.3 is 19.5 Å². The summed E-state index contributed by atoms with van der Waals surface area (Å²) in [5.41, 5.74) is 0.916. The minimum absolute atomic E-state index is 0.211. The predicted molar refractivity (Wildman–Crippen MR) is 107 cm³/mol. The topological polar surface area (TPSA) is 56.8 Å². The lowest BCUT2D eigenvalue weighted by atomic mass is 10.1. The molecule has 0 saturated heterocycles. The smallest absolute Gasteiger partial charge is 0.261 e. The summed E-state index contributed by atoms with van der Waals surface area (Å²) < 4.78 is 16.7. The first-order valence-electron chi connectivity index (χ1n) is 8.98. The largest absolute Gasteiger partial charge is 0.493 e. The molecule has 5 nitrogen and oxygen atoms in total. The van der Waals surface area contributed by atoms with Crippen LogP contribution in [0.15, 0.2) is 42.5 Å². The average molecular weight is 392 g/mol. The molecule has 2 aromatic carbocycles. The summed E-state index contributed by atoms with van der Waals surface area (Å²) in [4.78, 5) is 12.5. The number of nitrogens with one attached hydrogen (secondary N) is 1. The van der Waals surface area contributed by atoms with Crippen molar-refractivity contribution in [2.24, 2.45) is 0 Å². The van der Waals surface area contributed by atoms with E-state index in [0.717, 1.165) is 12.0 Å². The van der Waals surface area contributed by atoms with E-state index in [2.05, 4.69) is 5.32 Å². The molecule has 0 aliphatic carbocycles. The molecular formula is C21H26ClNO4. The molecule has 0 fully saturated rings. The fraction of sp³-hybridized carbons (Fsp3) is 0.381. The van der Waals surface area contributed by atoms with E-state index in [4.69, 9.17) is 25.8 Å². The maximum Gasteiger partial charge on any atom is 0.261 e. The Morgan fingerprint density at radius 2 is 1.93 bits per heavy atom. The van der Waals surface area contributed by atoms with Gasteiger partial charge in [-0.3, -0.25) is 4.79 Å². The second-order valence-electron chi connectivity index (χ2n) is 6.21. The molecule has 6 heteroatoms. The van der Waals surface area contributed by atoms with E-state index in [1.807, 2.05) is 32.0 Å². The van der Waals surface area contributed by atoms with E-state index >= 15 is 0 Å². The fourth-order valence-electron chi connectivity index (χ4n) is 2.50. The third-order valence-corrected chi connectivity index (χ3v) is 4.22. The number of ether oxygens (including phenoxy) is 3. The summed E-state index contributed by atoms with van der Waals surface area (Å²) in [6.07, 6.45) is 0.266. The Labute approximate surface area is 165 Å². The number of carbonyl (C=O) groups is 1. The summed E-state index contributed by atoms with van der Waals surface area (Å²) in [5.74, 6) is 1.68. The Kier molecular flexibility index (Phi) is 7.80. The van der Waals surface area contributed by atoms with Gasteiger partial charge in [-0.15, -0.1) is 0 Å². The zero-order chi connectivity index (χ0) is 19.8. The van der Waals surface area contributed by atoms with Gasteiger partial charge in [-0.05, 0) is 56.2 Å². The average Bonchev–Trinajstić information content (AvgIpc) is 2.66. The van der Waals surface area contributed by atoms with Gasteiger partial charge in [0.25, 0.3) is 5.91 Å². The van der Waals surface area contributed by atoms with Gasteiger partial charge in [-0.25, -0.2) is 0 Å². The highest BCUT2D eigenvalue weighted by atomic mass is 35.5. The van der Waals surface area contributed by atoms with Gasteiger partial charge in [-0.2, -0.15) is 0 Å². The summed E-state index contributed by atoms with van der Waals surface area (Å²) in [7, 11) is 1.60. The normalized spacial score (nSPS) is 12.8. The molecule has 0 aliphatic rings. The lowest BCUT2D eigenvalue weighted by Gasteiger charge is -2.20. The van der Waals surface area contributed by atoms with Crippen molar-refractivity contribution in [3.8, 4) is 17.2 Å². The quantitative estimate of drug-likeness (QED) is 0.668. The molecule has 27 heavy (non-hydrogen) atoms. The number of carbonyl (C=O) groups excluding carboxylic acids is 1. The molecule has 0 bridgehead atoms. The monoisotopic (exact) mass is 391 g/mol. The van der Waals surface area contributed by atoms with Crippen molar-refractivity contribution >= 4 is 17.5 Å². The highest BCUT2D eigenvalue weighted by molar-refractivity contribution is 6.30. The van der Waals surface area contributed by atoms with Crippen LogP contribution in [0.2, 0.25) is 5.02 Å². The van der Waals surface area contributed by atoms with Crippen LogP contribution >= 0.6 is 11.6 Å². The molecule has 146 valence electrons. The molecule has 0 aromatic heterocycles. The number of rotatable bonds is 9. The molecule has 0 heterocycles. The molecule has 0 aliphatic heterocycles. The zero-order valence-electron chi connectivity index (χ0n) is 16.1. The number of hydrogen-bond acceptors (Lipinski definition) is 4. The summed E-state index contributed by atoms with van der Waals surface area (Å²) in [6, 6.07) is 12.4. The number of benzene rings is 2. The minimum atomic E-state index is -0.653. The molecule has 1 N–H and O–H groups in total. The van der Waals surface area contributed by atoms with Gasteiger partial charge in [0.05, 0.1) is 19.8 Å². The number of halogens is 1. The Hall–Kier alpha value is -2.40. The molecule has 0 radical (unpaired) electrons. The van der Waals surface area contributed by atoms with Crippen molar-refractivity contribution in [3.05, 3.63) is 53.1 Å². The molecule has 2 unspecified atom stereocenters. The number of amides is 1. The van der Waals surface area contributed by atoms with Crippen molar-refractivity contribution < 1.29 is 19.0 Å². The first-order valence-corrected chi connectivity index (χ1v) is 9.35. The van der Waals surface area contributed by atoms with Gasteiger partial charge in [0, 0.05) is 5.02 Å². The third-order valence-electron chi connectivity index (χ3n) is 3.99. The van der Waals surface area contributed by atoms with Crippen molar-refractivity contribution in [1.82, 2.24) is 5.32 Å². The van der Waals surface area contributed by atoms with Crippen LogP contribution in [-0.2, 0) is 4.79 Å². The first kappa shape index (κ1) is 20.9. The van der Waals surface area contributed by atoms with Crippen LogP contribution in [0.1, 0.15) is 38.8 Å². The molecule has 2 aromatic rings. The van der Waals surface area contributed by atoms with Gasteiger partial charge in [0.1, 0.15) is 5.75 Å². The van der Waals surface area contributed by atoms with Crippen LogP contribution in [0.4, 0.5) is 0 Å². The van der Waals surface area contributed by atoms with Gasteiger partial charge >= 0.3 is 0 Å². The molecule has 2 atom stereocenters. The standard InChI is InChI=1S/C21H26ClNO4/c1-5-11-26-19-10-9-16(12-20(19)25-4)14(2)23-21(24)15(3)27-18-8-6-7-17(22)13-18/h6-10,12-15H,5,11H2,1-4H3,(H,23,24). The van der Waals surface area contributed by atoms with Crippen molar-refractivity contribution in [2.45, 2.75) is 39.3 Å². The van der Waals surface area contributed by atoms with Gasteiger partial charge in [-0.1, -0.05) is 30.7 Å². The third kappa shape index (κ3) is 6.07. The van der Waals surface area contributed by atoms with Crippen molar-refractivity contribution in [1.29, 1.82) is 0 Å². The van der Waals surface area contributed by atoms with Gasteiger partial charge in [0.2, 0.25) is 0 Å². The van der Waals surface area contributed by atoms with E-state index < -0.39 is 6.10 Å². The van der Waals surface area contributed by atoms with E-state index in [0.29, 0.717) is 28.9 Å². The molecule has 2 rings (SSSR count). The second-order valence-corrected chi connectivity index (χ2v) is 6.64. The van der Waals surface area contributed by atoms with Crippen LogP contribution in [0.3, 0.4) is 0 Å². The lowest BCUT2D eigenvalue weighted by molar-refractivity contribution is -0.127. The first-order chi connectivity index (χ1) is 12.9. The zero-order valence-corrected chi connectivity index (χ0v) is 16.9. The van der Waals surface area contributed by atoms with E-state index in [1.54, 1.807) is 38.3 Å². The highest BCUT2D eigenvalue weighted by Gasteiger charge is 2.19.